The Hall–Kier alpha value is -6.11. The van der Waals surface area contributed by atoms with Crippen LogP contribution in [0.4, 0.5) is 0 Å². The van der Waals surface area contributed by atoms with Crippen molar-refractivity contribution >= 4 is 65.0 Å². The molecule has 0 aromatic rings. The Morgan fingerprint density at radius 3 is 1.35 bits per heavy atom. The molecule has 1 heterocycles. The molecular formula is C52H98N16O13. The minimum atomic E-state index is -1.69. The van der Waals surface area contributed by atoms with Gasteiger partial charge in [-0.2, -0.15) is 0 Å². The van der Waals surface area contributed by atoms with Crippen molar-refractivity contribution in [2.24, 2.45) is 46.4 Å². The lowest BCUT2D eigenvalue weighted by Gasteiger charge is -2.29. The van der Waals surface area contributed by atoms with Gasteiger partial charge in [-0.05, 0) is 122 Å². The summed E-state index contributed by atoms with van der Waals surface area (Å²) in [7, 11) is 0. The van der Waals surface area contributed by atoms with Crippen LogP contribution in [-0.4, -0.2) is 187 Å². The highest BCUT2D eigenvalue weighted by Crippen LogP contribution is 2.13. The Kier molecular flexibility index (Phi) is 34.7. The number of carbonyl (C=O) groups is 11. The third-order valence-corrected chi connectivity index (χ3v) is 13.1. The van der Waals surface area contributed by atoms with Crippen molar-refractivity contribution in [3.8, 4) is 0 Å². The molecule has 29 nitrogen and oxygen atoms in total. The van der Waals surface area contributed by atoms with Crippen LogP contribution in [0.15, 0.2) is 0 Å². The normalized spacial score (nSPS) is 23.2. The number of nitrogens with one attached hydrogen (secondary N) is 11. The van der Waals surface area contributed by atoms with Crippen LogP contribution >= 0.6 is 0 Å². The topological polar surface area (TPSA) is 491 Å². The summed E-state index contributed by atoms with van der Waals surface area (Å²) < 4.78 is 0. The summed E-state index contributed by atoms with van der Waals surface area (Å²) in [6.07, 6.45) is -1.81. The van der Waals surface area contributed by atoms with Crippen molar-refractivity contribution < 1.29 is 63.0 Å². The molecule has 1 aliphatic rings. The van der Waals surface area contributed by atoms with Gasteiger partial charge in [0, 0.05) is 13.0 Å². The quantitative estimate of drug-likeness (QED) is 0.0325. The highest BCUT2D eigenvalue weighted by molar-refractivity contribution is 5.99. The first-order valence-electron chi connectivity index (χ1n) is 28.3. The van der Waals surface area contributed by atoms with Crippen molar-refractivity contribution in [3.05, 3.63) is 0 Å². The minimum Gasteiger partial charge on any atom is -0.391 e. The molecule has 464 valence electrons. The van der Waals surface area contributed by atoms with Crippen molar-refractivity contribution in [3.63, 3.8) is 0 Å². The van der Waals surface area contributed by atoms with Crippen molar-refractivity contribution in [2.75, 3.05) is 39.3 Å². The molecule has 0 aromatic heterocycles. The Morgan fingerprint density at radius 1 is 0.494 bits per heavy atom. The lowest BCUT2D eigenvalue weighted by atomic mass is 9.99. The largest absolute Gasteiger partial charge is 0.391 e. The smallest absolute Gasteiger partial charge is 0.245 e. The summed E-state index contributed by atoms with van der Waals surface area (Å²) in [5.74, 6) is -9.55. The minimum absolute atomic E-state index is 0.0139. The average molecular weight is 1160 g/mol. The first kappa shape index (κ1) is 72.9. The Labute approximate surface area is 475 Å². The summed E-state index contributed by atoms with van der Waals surface area (Å²) in [6, 6.07) is -14.5. The summed E-state index contributed by atoms with van der Waals surface area (Å²) in [6.45, 7) is 12.6. The maximum absolute atomic E-state index is 14.4. The predicted molar refractivity (Wildman–Crippen MR) is 301 cm³/mol. The molecule has 11 amide bonds. The van der Waals surface area contributed by atoms with Crippen LogP contribution in [0.5, 0.6) is 0 Å². The summed E-state index contributed by atoms with van der Waals surface area (Å²) >= 11 is 0. The summed E-state index contributed by atoms with van der Waals surface area (Å²) in [4.78, 5) is 152. The molecule has 12 atom stereocenters. The van der Waals surface area contributed by atoms with Crippen molar-refractivity contribution in [1.29, 1.82) is 0 Å². The number of unbranched alkanes of at least 4 members (excludes halogenated alkanes) is 1. The fourth-order valence-electron chi connectivity index (χ4n) is 8.62. The Balaban J connectivity index is 3.83. The lowest BCUT2D eigenvalue weighted by molar-refractivity contribution is -0.137. The second-order valence-electron chi connectivity index (χ2n) is 21.9. The highest BCUT2D eigenvalue weighted by Gasteiger charge is 2.37. The number of aliphatic hydroxyl groups excluding tert-OH is 2. The number of amides is 11. The molecule has 29 heteroatoms. The fraction of sp³-hybridized carbons (Fsp3) is 0.788. The lowest BCUT2D eigenvalue weighted by Crippen LogP contribution is -2.62. The molecule has 23 N–H and O–H groups in total. The standard InChI is InChI=1S/C52H98N16O13/c1-27(2)11-9-10-12-40(71)59-32(13-19-53)47(76)68-42(31(8)70)52(81)64-35(16-22-56)44(73)63-37-18-24-58-51(80)41(30(7)69)67-48(77)36(17-23-57)61-43(72)33(14-20-54)62-49(78)38(25-28(3)4)66-50(79)39(26-29(5)6)65-45(74)34(15-21-55)60-46(37)75/h27-39,41-42,69-70H,9-26,53-57H2,1-8H3,(H,58,80)(H,59,71)(H,60,75)(H,61,72)(H,62,78)(H,63,73)(H,64,81)(H,65,74)(H,66,79)(H,67,77)(H,68,76)/t30-,31-,32+,33+,34?,35+,36+,37?,38+,39-,41+,42+/m1/s1. The molecule has 1 fully saturated rings. The molecule has 0 aromatic carbocycles. The molecule has 1 aliphatic heterocycles. The van der Waals surface area contributed by atoms with E-state index in [1.165, 1.54) is 13.8 Å². The van der Waals surface area contributed by atoms with Crippen LogP contribution in [0.3, 0.4) is 0 Å². The molecular weight excluding hydrogens is 1060 g/mol. The van der Waals surface area contributed by atoms with Gasteiger partial charge in [-0.15, -0.1) is 0 Å². The van der Waals surface area contributed by atoms with Gasteiger partial charge in [0.05, 0.1) is 12.2 Å². The monoisotopic (exact) mass is 1150 g/mol. The molecule has 0 aliphatic carbocycles. The van der Waals surface area contributed by atoms with Gasteiger partial charge >= 0.3 is 0 Å². The molecule has 0 bridgehead atoms. The number of aliphatic hydroxyl groups is 2. The van der Waals surface area contributed by atoms with E-state index in [9.17, 15) is 63.0 Å². The van der Waals surface area contributed by atoms with Gasteiger partial charge < -0.3 is 97.4 Å². The van der Waals surface area contributed by atoms with Crippen LogP contribution in [0.1, 0.15) is 132 Å². The van der Waals surface area contributed by atoms with Gasteiger partial charge in [0.25, 0.3) is 0 Å². The van der Waals surface area contributed by atoms with E-state index in [1.807, 2.05) is 0 Å². The number of rotatable bonds is 28. The second kappa shape index (κ2) is 38.6. The van der Waals surface area contributed by atoms with Crippen LogP contribution in [-0.2, 0) is 52.7 Å². The van der Waals surface area contributed by atoms with Gasteiger partial charge in [0.1, 0.15) is 60.4 Å². The van der Waals surface area contributed by atoms with E-state index in [2.05, 4.69) is 72.3 Å². The van der Waals surface area contributed by atoms with Crippen molar-refractivity contribution in [1.82, 2.24) is 58.5 Å². The zero-order chi connectivity index (χ0) is 61.5. The van der Waals surface area contributed by atoms with Gasteiger partial charge in [0.2, 0.25) is 65.0 Å². The molecule has 81 heavy (non-hydrogen) atoms. The third-order valence-electron chi connectivity index (χ3n) is 13.1. The first-order valence-corrected chi connectivity index (χ1v) is 28.3. The van der Waals surface area contributed by atoms with Gasteiger partial charge in [-0.3, -0.25) is 52.7 Å². The first-order chi connectivity index (χ1) is 38.1. The van der Waals surface area contributed by atoms with Gasteiger partial charge in [0.15, 0.2) is 0 Å². The maximum atomic E-state index is 14.4. The van der Waals surface area contributed by atoms with E-state index in [0.29, 0.717) is 12.3 Å². The Bertz CT molecular complexity index is 2050. The Morgan fingerprint density at radius 2 is 0.926 bits per heavy atom. The van der Waals surface area contributed by atoms with E-state index in [4.69, 9.17) is 28.7 Å². The van der Waals surface area contributed by atoms with Crippen LogP contribution in [0.25, 0.3) is 0 Å². The number of hydrogen-bond acceptors (Lipinski definition) is 18. The van der Waals surface area contributed by atoms with Gasteiger partial charge in [-0.25, -0.2) is 0 Å². The second-order valence-corrected chi connectivity index (χ2v) is 21.9. The van der Waals surface area contributed by atoms with Crippen LogP contribution < -0.4 is 87.2 Å². The van der Waals surface area contributed by atoms with E-state index >= 15 is 0 Å². The molecule has 1 rings (SSSR count). The van der Waals surface area contributed by atoms with Gasteiger partial charge in [-0.1, -0.05) is 54.4 Å². The fourth-order valence-corrected chi connectivity index (χ4v) is 8.62. The van der Waals surface area contributed by atoms with E-state index in [-0.39, 0.29) is 95.9 Å². The summed E-state index contributed by atoms with van der Waals surface area (Å²) in [5.41, 5.74) is 29.2. The van der Waals surface area contributed by atoms with E-state index in [1.54, 1.807) is 27.7 Å². The average Bonchev–Trinajstić information content (AvgIpc) is 3.41. The highest BCUT2D eigenvalue weighted by atomic mass is 16.3. The maximum Gasteiger partial charge on any atom is 0.245 e. The predicted octanol–water partition coefficient (Wildman–Crippen LogP) is -5.83. The molecule has 0 spiro atoms. The van der Waals surface area contributed by atoms with Crippen molar-refractivity contribution in [2.45, 2.75) is 205 Å². The number of carbonyl (C=O) groups excluding carboxylic acids is 11. The molecule has 2 unspecified atom stereocenters. The van der Waals surface area contributed by atoms with Crippen LogP contribution in [0.2, 0.25) is 0 Å². The molecule has 0 saturated carbocycles. The molecule has 0 radical (unpaired) electrons. The number of hydrogen-bond donors (Lipinski definition) is 18. The zero-order valence-corrected chi connectivity index (χ0v) is 48.7. The summed E-state index contributed by atoms with van der Waals surface area (Å²) in [5, 5.41) is 49.5. The zero-order valence-electron chi connectivity index (χ0n) is 48.7. The third kappa shape index (κ3) is 27.5. The SMILES string of the molecule is CC(C)CCCCC(=O)N[C@@H](CCN)C(=O)N[C@H](C(=O)N[C@@H](CCN)C(=O)NC1CCNC(=O)[C@H]([C@@H](C)O)NC(=O)[C@H](CCN)NC(=O)[C@H](CCN)NC(=O)[C@H](CC(C)C)NC(=O)[C@@H](CC(C)C)NC(=O)C(CCN)NC1=O)[C@@H](C)O. The van der Waals surface area contributed by atoms with E-state index < -0.39 is 151 Å². The molecule has 1 saturated heterocycles. The number of nitrogens with two attached hydrogens (primary N) is 5. The van der Waals surface area contributed by atoms with Crippen LogP contribution in [0, 0.1) is 17.8 Å². The van der Waals surface area contributed by atoms with E-state index in [0.717, 1.165) is 12.8 Å².